The van der Waals surface area contributed by atoms with Gasteiger partial charge in [-0.2, -0.15) is 0 Å². The number of aryl methyl sites for hydroxylation is 3. The quantitative estimate of drug-likeness (QED) is 0.862. The van der Waals surface area contributed by atoms with Gasteiger partial charge in [0.05, 0.1) is 0 Å². The number of hydrogen-bond donors (Lipinski definition) is 2. The minimum Gasteiger partial charge on any atom is -0.480 e. The minimum atomic E-state index is -0.727. The SMILES string of the molecule is Cc1cc(C)c(CC2CCC(C(=O)O)N2)c(C)c1. The maximum Gasteiger partial charge on any atom is 0.320 e. The summed E-state index contributed by atoms with van der Waals surface area (Å²) in [5.74, 6) is -0.727. The molecule has 1 saturated heterocycles. The van der Waals surface area contributed by atoms with E-state index < -0.39 is 5.97 Å². The Balaban J connectivity index is 2.09. The normalized spacial score (nSPS) is 23.3. The predicted molar refractivity (Wildman–Crippen MR) is 71.9 cm³/mol. The Hall–Kier alpha value is -1.35. The summed E-state index contributed by atoms with van der Waals surface area (Å²) in [5.41, 5.74) is 5.28. The number of benzene rings is 1. The van der Waals surface area contributed by atoms with Gasteiger partial charge in [0, 0.05) is 6.04 Å². The molecule has 18 heavy (non-hydrogen) atoms. The molecule has 1 fully saturated rings. The summed E-state index contributed by atoms with van der Waals surface area (Å²) in [7, 11) is 0. The molecular weight excluding hydrogens is 226 g/mol. The molecule has 1 heterocycles. The molecule has 0 radical (unpaired) electrons. The molecule has 0 saturated carbocycles. The summed E-state index contributed by atoms with van der Waals surface area (Å²) >= 11 is 0. The van der Waals surface area contributed by atoms with Crippen molar-refractivity contribution in [3.8, 4) is 0 Å². The zero-order chi connectivity index (χ0) is 13.3. The lowest BCUT2D eigenvalue weighted by atomic mass is 9.94. The van der Waals surface area contributed by atoms with Crippen LogP contribution >= 0.6 is 0 Å². The van der Waals surface area contributed by atoms with Crippen LogP contribution in [0.3, 0.4) is 0 Å². The van der Waals surface area contributed by atoms with Crippen LogP contribution in [0.25, 0.3) is 0 Å². The molecule has 0 aromatic heterocycles. The fourth-order valence-electron chi connectivity index (χ4n) is 2.95. The number of rotatable bonds is 3. The summed E-state index contributed by atoms with van der Waals surface area (Å²) in [6, 6.07) is 4.34. The number of carboxylic acids is 1. The third-order valence-corrected chi connectivity index (χ3v) is 3.83. The highest BCUT2D eigenvalue weighted by atomic mass is 16.4. The largest absolute Gasteiger partial charge is 0.480 e. The van der Waals surface area contributed by atoms with Crippen molar-refractivity contribution in [2.45, 2.75) is 52.1 Å². The van der Waals surface area contributed by atoms with Gasteiger partial charge in [0.25, 0.3) is 0 Å². The molecule has 1 aliphatic heterocycles. The Morgan fingerprint density at radius 2 is 1.89 bits per heavy atom. The van der Waals surface area contributed by atoms with Crippen LogP contribution in [0.15, 0.2) is 12.1 Å². The van der Waals surface area contributed by atoms with Crippen molar-refractivity contribution in [1.29, 1.82) is 0 Å². The monoisotopic (exact) mass is 247 g/mol. The fourth-order valence-corrected chi connectivity index (χ4v) is 2.95. The van der Waals surface area contributed by atoms with Crippen molar-refractivity contribution in [2.24, 2.45) is 0 Å². The first kappa shape index (κ1) is 13.1. The summed E-state index contributed by atoms with van der Waals surface area (Å²) in [6.07, 6.45) is 2.62. The first-order valence-electron chi connectivity index (χ1n) is 6.53. The standard InChI is InChI=1S/C15H21NO2/c1-9-6-10(2)13(11(3)7-9)8-12-4-5-14(16-12)15(17)18/h6-7,12,14,16H,4-5,8H2,1-3H3,(H,17,18). The van der Waals surface area contributed by atoms with Crippen LogP contribution in [0.4, 0.5) is 0 Å². The predicted octanol–water partition coefficient (Wildman–Crippen LogP) is 2.36. The Kier molecular flexibility index (Phi) is 3.71. The zero-order valence-corrected chi connectivity index (χ0v) is 11.3. The molecule has 2 unspecified atom stereocenters. The van der Waals surface area contributed by atoms with Crippen LogP contribution in [0, 0.1) is 20.8 Å². The van der Waals surface area contributed by atoms with Gasteiger partial charge in [-0.1, -0.05) is 17.7 Å². The van der Waals surface area contributed by atoms with E-state index in [0.717, 1.165) is 19.3 Å². The second kappa shape index (κ2) is 5.11. The van der Waals surface area contributed by atoms with Gasteiger partial charge < -0.3 is 10.4 Å². The molecule has 1 aromatic carbocycles. The molecule has 1 aromatic rings. The van der Waals surface area contributed by atoms with E-state index in [-0.39, 0.29) is 6.04 Å². The van der Waals surface area contributed by atoms with E-state index in [4.69, 9.17) is 5.11 Å². The number of carboxylic acid groups (broad SMARTS) is 1. The maximum absolute atomic E-state index is 10.9. The van der Waals surface area contributed by atoms with Gasteiger partial charge in [-0.3, -0.25) is 4.79 Å². The summed E-state index contributed by atoms with van der Waals surface area (Å²) in [5, 5.41) is 12.2. The second-order valence-electron chi connectivity index (χ2n) is 5.41. The zero-order valence-electron chi connectivity index (χ0n) is 11.3. The summed E-state index contributed by atoms with van der Waals surface area (Å²) in [6.45, 7) is 6.38. The molecule has 0 spiro atoms. The fraction of sp³-hybridized carbons (Fsp3) is 0.533. The molecule has 0 aliphatic carbocycles. The van der Waals surface area contributed by atoms with Crippen molar-refractivity contribution < 1.29 is 9.90 Å². The molecule has 0 bridgehead atoms. The highest BCUT2D eigenvalue weighted by Gasteiger charge is 2.29. The third-order valence-electron chi connectivity index (χ3n) is 3.83. The van der Waals surface area contributed by atoms with Gasteiger partial charge in [0.2, 0.25) is 0 Å². The highest BCUT2D eigenvalue weighted by Crippen LogP contribution is 2.22. The highest BCUT2D eigenvalue weighted by molar-refractivity contribution is 5.73. The van der Waals surface area contributed by atoms with E-state index in [1.54, 1.807) is 0 Å². The van der Waals surface area contributed by atoms with Crippen LogP contribution in [0.2, 0.25) is 0 Å². The molecule has 1 aliphatic rings. The molecule has 0 amide bonds. The van der Waals surface area contributed by atoms with Crippen LogP contribution in [0.5, 0.6) is 0 Å². The smallest absolute Gasteiger partial charge is 0.320 e. The van der Waals surface area contributed by atoms with E-state index in [0.29, 0.717) is 6.04 Å². The van der Waals surface area contributed by atoms with Crippen molar-refractivity contribution in [2.75, 3.05) is 0 Å². The van der Waals surface area contributed by atoms with Crippen LogP contribution in [0.1, 0.15) is 35.1 Å². The van der Waals surface area contributed by atoms with Gasteiger partial charge in [-0.15, -0.1) is 0 Å². The average molecular weight is 247 g/mol. The number of nitrogens with one attached hydrogen (secondary N) is 1. The van der Waals surface area contributed by atoms with E-state index in [2.05, 4.69) is 38.2 Å². The van der Waals surface area contributed by atoms with Crippen molar-refractivity contribution >= 4 is 5.97 Å². The van der Waals surface area contributed by atoms with Crippen molar-refractivity contribution in [1.82, 2.24) is 5.32 Å². The molecule has 2 rings (SSSR count). The van der Waals surface area contributed by atoms with Gasteiger partial charge in [0.1, 0.15) is 6.04 Å². The van der Waals surface area contributed by atoms with E-state index in [1.165, 1.54) is 22.3 Å². The van der Waals surface area contributed by atoms with Crippen molar-refractivity contribution in [3.05, 3.63) is 34.4 Å². The maximum atomic E-state index is 10.9. The van der Waals surface area contributed by atoms with Gasteiger partial charge in [-0.05, 0) is 56.7 Å². The van der Waals surface area contributed by atoms with Gasteiger partial charge in [0.15, 0.2) is 0 Å². The van der Waals surface area contributed by atoms with Crippen molar-refractivity contribution in [3.63, 3.8) is 0 Å². The average Bonchev–Trinajstić information content (AvgIpc) is 2.71. The Morgan fingerprint density at radius 3 is 2.39 bits per heavy atom. The van der Waals surface area contributed by atoms with Crippen LogP contribution in [-0.4, -0.2) is 23.2 Å². The molecule has 98 valence electrons. The van der Waals surface area contributed by atoms with Crippen LogP contribution < -0.4 is 5.32 Å². The minimum absolute atomic E-state index is 0.297. The molecule has 2 N–H and O–H groups in total. The lowest BCUT2D eigenvalue weighted by molar-refractivity contribution is -0.139. The number of carbonyl (C=O) groups is 1. The second-order valence-corrected chi connectivity index (χ2v) is 5.41. The van der Waals surface area contributed by atoms with E-state index >= 15 is 0 Å². The topological polar surface area (TPSA) is 49.3 Å². The van der Waals surface area contributed by atoms with Gasteiger partial charge >= 0.3 is 5.97 Å². The lowest BCUT2D eigenvalue weighted by Crippen LogP contribution is -2.36. The number of hydrogen-bond acceptors (Lipinski definition) is 2. The molecule has 3 heteroatoms. The van der Waals surface area contributed by atoms with E-state index in [9.17, 15) is 4.79 Å². The molecular formula is C15H21NO2. The summed E-state index contributed by atoms with van der Waals surface area (Å²) in [4.78, 5) is 10.9. The third kappa shape index (κ3) is 2.72. The van der Waals surface area contributed by atoms with E-state index in [1.807, 2.05) is 0 Å². The number of aliphatic carboxylic acids is 1. The Morgan fingerprint density at radius 1 is 1.28 bits per heavy atom. The molecule has 2 atom stereocenters. The summed E-state index contributed by atoms with van der Waals surface area (Å²) < 4.78 is 0. The molecule has 3 nitrogen and oxygen atoms in total. The first-order valence-corrected chi connectivity index (χ1v) is 6.53. The Labute approximate surface area is 108 Å². The lowest BCUT2D eigenvalue weighted by Gasteiger charge is -2.16. The van der Waals surface area contributed by atoms with Gasteiger partial charge in [-0.25, -0.2) is 0 Å². The van der Waals surface area contributed by atoms with Crippen LogP contribution in [-0.2, 0) is 11.2 Å². The Bertz CT molecular complexity index is 445. The first-order chi connectivity index (χ1) is 8.47.